The van der Waals surface area contributed by atoms with Gasteiger partial charge in [0.05, 0.1) is 25.6 Å². The average Bonchev–Trinajstić information content (AvgIpc) is 2.85. The molecular formula is C12H19N5O. The minimum atomic E-state index is -0.00225. The van der Waals surface area contributed by atoms with Gasteiger partial charge in [-0.15, -0.1) is 0 Å². The van der Waals surface area contributed by atoms with Crippen molar-refractivity contribution in [3.63, 3.8) is 0 Å². The lowest BCUT2D eigenvalue weighted by molar-refractivity contribution is -0.129. The van der Waals surface area contributed by atoms with Crippen LogP contribution in [0.25, 0.3) is 0 Å². The Morgan fingerprint density at radius 1 is 1.67 bits per heavy atom. The maximum Gasteiger partial charge on any atom is 0.236 e. The van der Waals surface area contributed by atoms with E-state index in [1.807, 2.05) is 29.9 Å². The van der Waals surface area contributed by atoms with Gasteiger partial charge >= 0.3 is 0 Å². The Labute approximate surface area is 107 Å². The maximum atomic E-state index is 11.7. The first-order chi connectivity index (χ1) is 8.63. The van der Waals surface area contributed by atoms with Crippen molar-refractivity contribution in [2.75, 3.05) is 20.1 Å². The molecule has 0 saturated carbocycles. The molecule has 0 aromatic carbocycles. The van der Waals surface area contributed by atoms with Crippen molar-refractivity contribution in [2.24, 2.45) is 0 Å². The first-order valence-electron chi connectivity index (χ1n) is 5.95. The molecule has 98 valence electrons. The molecule has 0 fully saturated rings. The first-order valence-corrected chi connectivity index (χ1v) is 5.95. The quantitative estimate of drug-likeness (QED) is 0.751. The zero-order valence-corrected chi connectivity index (χ0v) is 10.8. The molecule has 0 aliphatic carbocycles. The lowest BCUT2D eigenvalue weighted by atomic mass is 10.3. The fourth-order valence-electron chi connectivity index (χ4n) is 1.49. The van der Waals surface area contributed by atoms with E-state index < -0.39 is 0 Å². The van der Waals surface area contributed by atoms with E-state index in [1.165, 1.54) is 0 Å². The number of rotatable bonds is 7. The number of hydrogen-bond donors (Lipinski definition) is 1. The van der Waals surface area contributed by atoms with Gasteiger partial charge in [0.2, 0.25) is 5.91 Å². The van der Waals surface area contributed by atoms with Gasteiger partial charge in [-0.1, -0.05) is 0 Å². The summed E-state index contributed by atoms with van der Waals surface area (Å²) in [6.07, 6.45) is 3.98. The standard InChI is InChI=1S/C12H19N5O/c1-11(10-17-8-4-6-15-17)14-9-12(18)16(2)7-3-5-13/h4,6,8,11,14H,3,7,9-10H2,1-2H3. The van der Waals surface area contributed by atoms with Gasteiger partial charge in [0.15, 0.2) is 0 Å². The van der Waals surface area contributed by atoms with Crippen molar-refractivity contribution >= 4 is 5.91 Å². The van der Waals surface area contributed by atoms with Crippen molar-refractivity contribution in [2.45, 2.75) is 25.9 Å². The molecular weight excluding hydrogens is 230 g/mol. The molecule has 0 spiro atoms. The third-order valence-electron chi connectivity index (χ3n) is 2.61. The van der Waals surface area contributed by atoms with Crippen LogP contribution >= 0.6 is 0 Å². The van der Waals surface area contributed by atoms with Gasteiger partial charge in [0.1, 0.15) is 0 Å². The predicted octanol–water partition coefficient (Wildman–Crippen LogP) is 0.233. The van der Waals surface area contributed by atoms with E-state index in [9.17, 15) is 4.79 Å². The molecule has 1 unspecified atom stereocenters. The van der Waals surface area contributed by atoms with Gasteiger partial charge in [-0.05, 0) is 13.0 Å². The molecule has 1 heterocycles. The lowest BCUT2D eigenvalue weighted by Crippen LogP contribution is -2.40. The van der Waals surface area contributed by atoms with E-state index in [-0.39, 0.29) is 18.5 Å². The van der Waals surface area contributed by atoms with E-state index in [2.05, 4.69) is 10.4 Å². The van der Waals surface area contributed by atoms with Crippen molar-refractivity contribution in [1.82, 2.24) is 20.0 Å². The summed E-state index contributed by atoms with van der Waals surface area (Å²) in [5.41, 5.74) is 0. The van der Waals surface area contributed by atoms with E-state index >= 15 is 0 Å². The summed E-state index contributed by atoms with van der Waals surface area (Å²) in [5, 5.41) is 15.7. The second kappa shape index (κ2) is 7.45. The van der Waals surface area contributed by atoms with Crippen LogP contribution < -0.4 is 5.32 Å². The van der Waals surface area contributed by atoms with Gasteiger partial charge in [0.25, 0.3) is 0 Å². The van der Waals surface area contributed by atoms with Crippen molar-refractivity contribution in [1.29, 1.82) is 5.26 Å². The Kier molecular flexibility index (Phi) is 5.88. The van der Waals surface area contributed by atoms with E-state index in [0.29, 0.717) is 13.0 Å². The Morgan fingerprint density at radius 2 is 2.44 bits per heavy atom. The number of likely N-dealkylation sites (N-methyl/N-ethyl adjacent to an activating group) is 1. The minimum Gasteiger partial charge on any atom is -0.344 e. The zero-order valence-electron chi connectivity index (χ0n) is 10.8. The molecule has 6 heteroatoms. The number of nitriles is 1. The summed E-state index contributed by atoms with van der Waals surface area (Å²) in [6, 6.07) is 4.06. The van der Waals surface area contributed by atoms with Gasteiger partial charge in [0, 0.05) is 32.0 Å². The summed E-state index contributed by atoms with van der Waals surface area (Å²) in [6.45, 7) is 3.49. The second-order valence-electron chi connectivity index (χ2n) is 4.23. The molecule has 0 aliphatic heterocycles. The summed E-state index contributed by atoms with van der Waals surface area (Å²) in [5.74, 6) is -0.00225. The number of nitrogens with one attached hydrogen (secondary N) is 1. The number of aromatic nitrogens is 2. The Balaban J connectivity index is 2.23. The van der Waals surface area contributed by atoms with Crippen LogP contribution in [0.4, 0.5) is 0 Å². The van der Waals surface area contributed by atoms with Crippen LogP contribution in [0.15, 0.2) is 18.5 Å². The molecule has 1 aromatic rings. The molecule has 1 amide bonds. The molecule has 0 aliphatic rings. The molecule has 0 bridgehead atoms. The third-order valence-corrected chi connectivity index (χ3v) is 2.61. The van der Waals surface area contributed by atoms with Gasteiger partial charge in [-0.3, -0.25) is 9.48 Å². The summed E-state index contributed by atoms with van der Waals surface area (Å²) >= 11 is 0. The van der Waals surface area contributed by atoms with E-state index in [1.54, 1.807) is 18.1 Å². The highest BCUT2D eigenvalue weighted by atomic mass is 16.2. The minimum absolute atomic E-state index is 0.00225. The van der Waals surface area contributed by atoms with E-state index in [4.69, 9.17) is 5.26 Å². The Morgan fingerprint density at radius 3 is 3.06 bits per heavy atom. The fourth-order valence-corrected chi connectivity index (χ4v) is 1.49. The fraction of sp³-hybridized carbons (Fsp3) is 0.583. The van der Waals surface area contributed by atoms with Crippen LogP contribution in [0.3, 0.4) is 0 Å². The van der Waals surface area contributed by atoms with Crippen LogP contribution in [0.2, 0.25) is 0 Å². The molecule has 18 heavy (non-hydrogen) atoms. The number of nitrogens with zero attached hydrogens (tertiary/aromatic N) is 4. The number of hydrogen-bond acceptors (Lipinski definition) is 4. The summed E-state index contributed by atoms with van der Waals surface area (Å²) < 4.78 is 1.82. The number of carbonyl (C=O) groups excluding carboxylic acids is 1. The van der Waals surface area contributed by atoms with Gasteiger partial charge in [-0.2, -0.15) is 10.4 Å². The van der Waals surface area contributed by atoms with Crippen molar-refractivity contribution in [3.8, 4) is 6.07 Å². The molecule has 6 nitrogen and oxygen atoms in total. The highest BCUT2D eigenvalue weighted by molar-refractivity contribution is 5.77. The zero-order chi connectivity index (χ0) is 13.4. The topological polar surface area (TPSA) is 74.0 Å². The summed E-state index contributed by atoms with van der Waals surface area (Å²) in [4.78, 5) is 13.3. The highest BCUT2D eigenvalue weighted by Crippen LogP contribution is 1.92. The van der Waals surface area contributed by atoms with E-state index in [0.717, 1.165) is 6.54 Å². The largest absolute Gasteiger partial charge is 0.344 e. The van der Waals surface area contributed by atoms with Crippen LogP contribution in [-0.2, 0) is 11.3 Å². The molecule has 1 rings (SSSR count). The Bertz CT molecular complexity index is 395. The second-order valence-corrected chi connectivity index (χ2v) is 4.23. The first kappa shape index (κ1) is 14.2. The van der Waals surface area contributed by atoms with Crippen molar-refractivity contribution in [3.05, 3.63) is 18.5 Å². The lowest BCUT2D eigenvalue weighted by Gasteiger charge is -2.18. The third kappa shape index (κ3) is 4.97. The smallest absolute Gasteiger partial charge is 0.236 e. The van der Waals surface area contributed by atoms with Gasteiger partial charge in [-0.25, -0.2) is 0 Å². The molecule has 1 aromatic heterocycles. The number of amides is 1. The van der Waals surface area contributed by atoms with Gasteiger partial charge < -0.3 is 10.2 Å². The molecule has 0 radical (unpaired) electrons. The Hall–Kier alpha value is -1.87. The highest BCUT2D eigenvalue weighted by Gasteiger charge is 2.10. The average molecular weight is 249 g/mol. The molecule has 1 N–H and O–H groups in total. The predicted molar refractivity (Wildman–Crippen MR) is 67.6 cm³/mol. The van der Waals surface area contributed by atoms with Crippen molar-refractivity contribution < 1.29 is 4.79 Å². The normalized spacial score (nSPS) is 11.8. The van der Waals surface area contributed by atoms with Crippen LogP contribution in [-0.4, -0.2) is 46.8 Å². The van der Waals surface area contributed by atoms with Crippen LogP contribution in [0.5, 0.6) is 0 Å². The molecule has 1 atom stereocenters. The molecule has 0 saturated heterocycles. The monoisotopic (exact) mass is 249 g/mol. The van der Waals surface area contributed by atoms with Crippen LogP contribution in [0, 0.1) is 11.3 Å². The SMILES string of the molecule is CC(Cn1cccn1)NCC(=O)N(C)CCC#N. The summed E-state index contributed by atoms with van der Waals surface area (Å²) in [7, 11) is 1.71. The maximum absolute atomic E-state index is 11.7. The van der Waals surface area contributed by atoms with Crippen LogP contribution in [0.1, 0.15) is 13.3 Å². The number of carbonyl (C=O) groups is 1.